The van der Waals surface area contributed by atoms with Gasteiger partial charge in [0.25, 0.3) is 0 Å². The van der Waals surface area contributed by atoms with Crippen LogP contribution in [0.25, 0.3) is 16.7 Å². The van der Waals surface area contributed by atoms with Crippen molar-refractivity contribution in [2.45, 2.75) is 6.92 Å². The molecule has 0 amide bonds. The summed E-state index contributed by atoms with van der Waals surface area (Å²) in [5.74, 6) is -3.70. The van der Waals surface area contributed by atoms with Crippen molar-refractivity contribution in [2.24, 2.45) is 0 Å². The van der Waals surface area contributed by atoms with Crippen molar-refractivity contribution in [3.63, 3.8) is 0 Å². The zero-order chi connectivity index (χ0) is 16.9. The Morgan fingerprint density at radius 3 is 2.52 bits per heavy atom. The molecule has 0 atom stereocenters. The van der Waals surface area contributed by atoms with E-state index in [0.717, 1.165) is 0 Å². The Balaban J connectivity index is 2.50. The molecule has 0 saturated heterocycles. The number of aryl methyl sites for hydroxylation is 1. The third-order valence-electron chi connectivity index (χ3n) is 3.55. The summed E-state index contributed by atoms with van der Waals surface area (Å²) in [7, 11) is 1.20. The molecule has 8 heteroatoms. The van der Waals surface area contributed by atoms with E-state index in [4.69, 9.17) is 10.5 Å². The standard InChI is InChI=1S/C15H12F3N3O2/c1-6-3-4-8(7(16)5-6)21-13-10(18)9(17)11(19)14(23-2)12(13)20-15(21)22/h3-5H,19H2,1-2H3,(H,20,22). The predicted octanol–water partition coefficient (Wildman–Crippen LogP) is 2.64. The van der Waals surface area contributed by atoms with E-state index in [0.29, 0.717) is 10.1 Å². The maximum Gasteiger partial charge on any atom is 0.331 e. The lowest BCUT2D eigenvalue weighted by Gasteiger charge is -2.10. The van der Waals surface area contributed by atoms with Crippen LogP contribution >= 0.6 is 0 Å². The number of aromatic nitrogens is 2. The molecule has 3 aromatic rings. The Morgan fingerprint density at radius 1 is 1.22 bits per heavy atom. The summed E-state index contributed by atoms with van der Waals surface area (Å²) >= 11 is 0. The van der Waals surface area contributed by atoms with E-state index < -0.39 is 34.3 Å². The van der Waals surface area contributed by atoms with Gasteiger partial charge in [0.1, 0.15) is 22.5 Å². The van der Waals surface area contributed by atoms with Crippen LogP contribution in [0.5, 0.6) is 5.75 Å². The SMILES string of the molecule is COc1c(N)c(F)c(F)c2c1[nH]c(=O)n2-c1ccc(C)cc1F. The van der Waals surface area contributed by atoms with Crippen LogP contribution in [0.3, 0.4) is 0 Å². The van der Waals surface area contributed by atoms with Crippen LogP contribution in [0.4, 0.5) is 18.9 Å². The fourth-order valence-electron chi connectivity index (χ4n) is 2.50. The average Bonchev–Trinajstić information content (AvgIpc) is 2.83. The molecule has 0 spiro atoms. The minimum absolute atomic E-state index is 0.145. The van der Waals surface area contributed by atoms with Crippen molar-refractivity contribution in [3.8, 4) is 11.4 Å². The van der Waals surface area contributed by atoms with Crippen LogP contribution in [-0.2, 0) is 0 Å². The average molecular weight is 323 g/mol. The summed E-state index contributed by atoms with van der Waals surface area (Å²) < 4.78 is 48.1. The van der Waals surface area contributed by atoms with E-state index in [1.54, 1.807) is 13.0 Å². The number of anilines is 1. The number of ether oxygens (including phenoxy) is 1. The molecule has 0 aliphatic carbocycles. The highest BCUT2D eigenvalue weighted by Crippen LogP contribution is 2.35. The van der Waals surface area contributed by atoms with Gasteiger partial charge in [0, 0.05) is 0 Å². The Morgan fingerprint density at radius 2 is 1.91 bits per heavy atom. The number of nitrogens with one attached hydrogen (secondary N) is 1. The number of aromatic amines is 1. The van der Waals surface area contributed by atoms with Crippen LogP contribution in [0.2, 0.25) is 0 Å². The van der Waals surface area contributed by atoms with Gasteiger partial charge in [0.2, 0.25) is 0 Å². The van der Waals surface area contributed by atoms with Gasteiger partial charge in [-0.25, -0.2) is 18.0 Å². The Hall–Kier alpha value is -2.90. The lowest BCUT2D eigenvalue weighted by Crippen LogP contribution is -2.16. The van der Waals surface area contributed by atoms with E-state index in [1.807, 2.05) is 0 Å². The molecule has 0 aliphatic rings. The fraction of sp³-hybridized carbons (Fsp3) is 0.133. The highest BCUT2D eigenvalue weighted by molar-refractivity contribution is 5.89. The molecule has 1 heterocycles. The number of imidazole rings is 1. The lowest BCUT2D eigenvalue weighted by atomic mass is 10.2. The van der Waals surface area contributed by atoms with Crippen molar-refractivity contribution < 1.29 is 17.9 Å². The Kier molecular flexibility index (Phi) is 3.32. The maximum absolute atomic E-state index is 14.3. The smallest absolute Gasteiger partial charge is 0.331 e. The quantitative estimate of drug-likeness (QED) is 0.712. The molecule has 1 aromatic heterocycles. The van der Waals surface area contributed by atoms with Crippen molar-refractivity contribution in [1.29, 1.82) is 0 Å². The van der Waals surface area contributed by atoms with Gasteiger partial charge < -0.3 is 15.5 Å². The van der Waals surface area contributed by atoms with E-state index in [-0.39, 0.29) is 17.0 Å². The number of H-pyrrole nitrogens is 1. The van der Waals surface area contributed by atoms with E-state index >= 15 is 0 Å². The Labute approximate surface area is 128 Å². The molecule has 0 radical (unpaired) electrons. The fourth-order valence-corrected chi connectivity index (χ4v) is 2.50. The van der Waals surface area contributed by atoms with E-state index in [2.05, 4.69) is 4.98 Å². The van der Waals surface area contributed by atoms with Crippen molar-refractivity contribution in [2.75, 3.05) is 12.8 Å². The zero-order valence-electron chi connectivity index (χ0n) is 12.2. The second-order valence-electron chi connectivity index (χ2n) is 5.02. The second kappa shape index (κ2) is 5.08. The first-order chi connectivity index (χ1) is 10.9. The van der Waals surface area contributed by atoms with Gasteiger partial charge in [-0.1, -0.05) is 6.07 Å². The molecule has 0 bridgehead atoms. The summed E-state index contributed by atoms with van der Waals surface area (Å²) in [6, 6.07) is 4.04. The molecule has 23 heavy (non-hydrogen) atoms. The van der Waals surface area contributed by atoms with E-state index in [9.17, 15) is 18.0 Å². The van der Waals surface area contributed by atoms with Crippen LogP contribution < -0.4 is 16.2 Å². The van der Waals surface area contributed by atoms with Crippen molar-refractivity contribution in [3.05, 3.63) is 51.7 Å². The molecule has 3 N–H and O–H groups in total. The van der Waals surface area contributed by atoms with Crippen molar-refractivity contribution in [1.82, 2.24) is 9.55 Å². The first-order valence-electron chi connectivity index (χ1n) is 6.58. The van der Waals surface area contributed by atoms with Crippen LogP contribution in [-0.4, -0.2) is 16.7 Å². The van der Waals surface area contributed by atoms with Crippen LogP contribution in [0, 0.1) is 24.4 Å². The number of nitrogens with zero attached hydrogens (tertiary/aromatic N) is 1. The van der Waals surface area contributed by atoms with Gasteiger partial charge in [-0.3, -0.25) is 4.57 Å². The predicted molar refractivity (Wildman–Crippen MR) is 79.5 cm³/mol. The molecular formula is C15H12F3N3O2. The highest BCUT2D eigenvalue weighted by Gasteiger charge is 2.25. The second-order valence-corrected chi connectivity index (χ2v) is 5.02. The van der Waals surface area contributed by atoms with Crippen LogP contribution in [0.1, 0.15) is 5.56 Å². The summed E-state index contributed by atoms with van der Waals surface area (Å²) in [6.07, 6.45) is 0. The van der Waals surface area contributed by atoms with Crippen molar-refractivity contribution >= 4 is 16.7 Å². The topological polar surface area (TPSA) is 73.0 Å². The molecule has 5 nitrogen and oxygen atoms in total. The molecule has 2 aromatic carbocycles. The number of methoxy groups -OCH3 is 1. The first-order valence-corrected chi connectivity index (χ1v) is 6.58. The van der Waals surface area contributed by atoms with Gasteiger partial charge in [-0.2, -0.15) is 0 Å². The highest BCUT2D eigenvalue weighted by atomic mass is 19.2. The van der Waals surface area contributed by atoms with Gasteiger partial charge in [0.05, 0.1) is 12.8 Å². The number of rotatable bonds is 2. The largest absolute Gasteiger partial charge is 0.492 e. The minimum Gasteiger partial charge on any atom is -0.492 e. The number of hydrogen-bond acceptors (Lipinski definition) is 3. The number of nitrogens with two attached hydrogens (primary N) is 1. The van der Waals surface area contributed by atoms with Crippen LogP contribution in [0.15, 0.2) is 23.0 Å². The lowest BCUT2D eigenvalue weighted by molar-refractivity contribution is 0.415. The Bertz CT molecular complexity index is 992. The summed E-state index contributed by atoms with van der Waals surface area (Å²) in [4.78, 5) is 14.5. The zero-order valence-corrected chi connectivity index (χ0v) is 12.2. The molecule has 3 rings (SSSR count). The minimum atomic E-state index is -1.37. The number of fused-ring (bicyclic) bond motifs is 1. The number of hydrogen-bond donors (Lipinski definition) is 2. The molecule has 120 valence electrons. The van der Waals surface area contributed by atoms with Gasteiger partial charge in [0.15, 0.2) is 17.4 Å². The number of nitrogen functional groups attached to an aromatic ring is 1. The van der Waals surface area contributed by atoms with E-state index in [1.165, 1.54) is 19.2 Å². The number of halogens is 3. The maximum atomic E-state index is 14.3. The third-order valence-corrected chi connectivity index (χ3v) is 3.55. The molecular weight excluding hydrogens is 311 g/mol. The molecule has 0 unspecified atom stereocenters. The summed E-state index contributed by atoms with van der Waals surface area (Å²) in [6.45, 7) is 1.66. The summed E-state index contributed by atoms with van der Waals surface area (Å²) in [5, 5.41) is 0. The molecule has 0 aliphatic heterocycles. The molecule has 0 fully saturated rings. The van der Waals surface area contributed by atoms with Gasteiger partial charge in [-0.15, -0.1) is 0 Å². The normalized spacial score (nSPS) is 11.2. The monoisotopic (exact) mass is 323 g/mol. The number of benzene rings is 2. The third kappa shape index (κ3) is 2.06. The van der Waals surface area contributed by atoms with Gasteiger partial charge >= 0.3 is 5.69 Å². The summed E-state index contributed by atoms with van der Waals surface area (Å²) in [5.41, 5.74) is 3.84. The molecule has 0 saturated carbocycles. The first kappa shape index (κ1) is 15.0. The van der Waals surface area contributed by atoms with Gasteiger partial charge in [-0.05, 0) is 24.6 Å².